The van der Waals surface area contributed by atoms with E-state index in [1.54, 1.807) is 31.2 Å². The molecule has 2 fully saturated rings. The van der Waals surface area contributed by atoms with E-state index in [9.17, 15) is 14.4 Å². The summed E-state index contributed by atoms with van der Waals surface area (Å²) in [5.41, 5.74) is 0.502. The van der Waals surface area contributed by atoms with Crippen LogP contribution < -0.4 is 10.1 Å². The molecule has 1 saturated carbocycles. The summed E-state index contributed by atoms with van der Waals surface area (Å²) in [6, 6.07) is 6.44. The number of carbonyl (C=O) groups is 3. The van der Waals surface area contributed by atoms with Gasteiger partial charge in [0.2, 0.25) is 5.91 Å². The third-order valence-corrected chi connectivity index (χ3v) is 6.25. The number of nitrogens with one attached hydrogen (secondary N) is 1. The van der Waals surface area contributed by atoms with E-state index in [4.69, 9.17) is 9.47 Å². The van der Waals surface area contributed by atoms with E-state index in [-0.39, 0.29) is 24.5 Å². The summed E-state index contributed by atoms with van der Waals surface area (Å²) in [7, 11) is 0. The molecule has 1 aromatic rings. The Balaban J connectivity index is 1.38. The van der Waals surface area contributed by atoms with Crippen molar-refractivity contribution < 1.29 is 23.9 Å². The maximum Gasteiger partial charge on any atom is 0.513 e. The summed E-state index contributed by atoms with van der Waals surface area (Å²) in [5, 5.41) is 3.05. The van der Waals surface area contributed by atoms with Crippen LogP contribution in [0.2, 0.25) is 0 Å². The minimum atomic E-state index is -0.764. The molecule has 0 spiro atoms. The quantitative estimate of drug-likeness (QED) is 0.515. The van der Waals surface area contributed by atoms with Crippen LogP contribution in [0.3, 0.4) is 0 Å². The van der Waals surface area contributed by atoms with Crippen LogP contribution in [0, 0.1) is 5.92 Å². The third-order valence-electron chi connectivity index (χ3n) is 6.25. The Morgan fingerprint density at radius 1 is 1.00 bits per heavy atom. The minimum absolute atomic E-state index is 0.0605. The predicted octanol–water partition coefficient (Wildman–Crippen LogP) is 4.30. The number of piperidine rings is 1. The molecule has 2 amide bonds. The van der Waals surface area contributed by atoms with E-state index in [0.717, 1.165) is 25.2 Å². The van der Waals surface area contributed by atoms with Crippen molar-refractivity contribution in [3.63, 3.8) is 0 Å². The predicted molar refractivity (Wildman–Crippen MR) is 117 cm³/mol. The normalized spacial score (nSPS) is 17.8. The zero-order chi connectivity index (χ0) is 22.1. The standard InChI is InChI=1S/C24H34N2O5/c1-2-30-24(29)31-21-11-9-19(10-12-21)23(28)25-20-14-16-26(17-15-20)22(27)13-8-18-6-4-3-5-7-18/h9-12,18,20H,2-8,13-17H2,1H3,(H,25,28). The number of hydrogen-bond donors (Lipinski definition) is 1. The molecule has 0 unspecified atom stereocenters. The van der Waals surface area contributed by atoms with Gasteiger partial charge in [0.05, 0.1) is 6.61 Å². The van der Waals surface area contributed by atoms with Crippen LogP contribution >= 0.6 is 0 Å². The van der Waals surface area contributed by atoms with Gasteiger partial charge in [0.1, 0.15) is 5.75 Å². The molecule has 0 aromatic heterocycles. The molecule has 0 bridgehead atoms. The van der Waals surface area contributed by atoms with Crippen LogP contribution in [0.25, 0.3) is 0 Å². The molecule has 1 heterocycles. The second-order valence-corrected chi connectivity index (χ2v) is 8.48. The molecule has 1 N–H and O–H groups in total. The second-order valence-electron chi connectivity index (χ2n) is 8.48. The first kappa shape index (κ1) is 23.1. The Labute approximate surface area is 184 Å². The molecular formula is C24H34N2O5. The zero-order valence-electron chi connectivity index (χ0n) is 18.4. The topological polar surface area (TPSA) is 84.9 Å². The highest BCUT2D eigenvalue weighted by molar-refractivity contribution is 5.94. The van der Waals surface area contributed by atoms with E-state index in [1.807, 2.05) is 4.90 Å². The Bertz CT molecular complexity index is 735. The van der Waals surface area contributed by atoms with Crippen molar-refractivity contribution in [3.8, 4) is 5.75 Å². The molecule has 1 saturated heterocycles. The lowest BCUT2D eigenvalue weighted by Gasteiger charge is -2.33. The summed E-state index contributed by atoms with van der Waals surface area (Å²) in [5.74, 6) is 1.15. The van der Waals surface area contributed by atoms with Crippen LogP contribution in [0.5, 0.6) is 5.75 Å². The molecule has 0 radical (unpaired) electrons. The number of carbonyl (C=O) groups excluding carboxylic acids is 3. The van der Waals surface area contributed by atoms with Gasteiger partial charge in [0.15, 0.2) is 0 Å². The fourth-order valence-corrected chi connectivity index (χ4v) is 4.42. The number of nitrogens with zero attached hydrogens (tertiary/aromatic N) is 1. The lowest BCUT2D eigenvalue weighted by atomic mass is 9.86. The first-order valence-corrected chi connectivity index (χ1v) is 11.6. The van der Waals surface area contributed by atoms with E-state index < -0.39 is 6.16 Å². The van der Waals surface area contributed by atoms with Gasteiger partial charge in [-0.25, -0.2) is 4.79 Å². The monoisotopic (exact) mass is 430 g/mol. The van der Waals surface area contributed by atoms with Crippen molar-refractivity contribution >= 4 is 18.0 Å². The van der Waals surface area contributed by atoms with Gasteiger partial charge < -0.3 is 19.7 Å². The average Bonchev–Trinajstić information content (AvgIpc) is 2.79. The second kappa shape index (κ2) is 11.7. The number of likely N-dealkylation sites (tertiary alicyclic amines) is 1. The Morgan fingerprint density at radius 2 is 1.68 bits per heavy atom. The number of benzene rings is 1. The summed E-state index contributed by atoms with van der Waals surface area (Å²) >= 11 is 0. The Kier molecular flexibility index (Phi) is 8.74. The average molecular weight is 431 g/mol. The van der Waals surface area contributed by atoms with Gasteiger partial charge in [0, 0.05) is 31.1 Å². The highest BCUT2D eigenvalue weighted by atomic mass is 16.7. The molecule has 7 nitrogen and oxygen atoms in total. The maximum absolute atomic E-state index is 12.5. The maximum atomic E-state index is 12.5. The SMILES string of the molecule is CCOC(=O)Oc1ccc(C(=O)NC2CCN(C(=O)CCC3CCCCC3)CC2)cc1. The van der Waals surface area contributed by atoms with Crippen LogP contribution in [0.15, 0.2) is 24.3 Å². The van der Waals surface area contributed by atoms with E-state index >= 15 is 0 Å². The molecule has 0 atom stereocenters. The lowest BCUT2D eigenvalue weighted by Crippen LogP contribution is -2.46. The van der Waals surface area contributed by atoms with Gasteiger partial charge in [-0.2, -0.15) is 0 Å². The first-order chi connectivity index (χ1) is 15.0. The molecule has 7 heteroatoms. The van der Waals surface area contributed by atoms with Gasteiger partial charge in [-0.3, -0.25) is 9.59 Å². The van der Waals surface area contributed by atoms with E-state index in [0.29, 0.717) is 30.8 Å². The van der Waals surface area contributed by atoms with Crippen molar-refractivity contribution in [1.29, 1.82) is 0 Å². The molecular weight excluding hydrogens is 396 g/mol. The highest BCUT2D eigenvalue weighted by Crippen LogP contribution is 2.27. The van der Waals surface area contributed by atoms with E-state index in [2.05, 4.69) is 5.32 Å². The van der Waals surface area contributed by atoms with Crippen LogP contribution in [0.1, 0.15) is 75.1 Å². The Morgan fingerprint density at radius 3 is 2.32 bits per heavy atom. The summed E-state index contributed by atoms with van der Waals surface area (Å²) in [4.78, 5) is 38.3. The molecule has 3 rings (SSSR count). The number of hydrogen-bond acceptors (Lipinski definition) is 5. The lowest BCUT2D eigenvalue weighted by molar-refractivity contribution is -0.132. The van der Waals surface area contributed by atoms with Gasteiger partial charge in [-0.15, -0.1) is 0 Å². The van der Waals surface area contributed by atoms with Gasteiger partial charge in [-0.05, 0) is 56.4 Å². The van der Waals surface area contributed by atoms with Gasteiger partial charge in [0.25, 0.3) is 5.91 Å². The summed E-state index contributed by atoms with van der Waals surface area (Å²) in [6.45, 7) is 3.33. The molecule has 2 aliphatic rings. The first-order valence-electron chi connectivity index (χ1n) is 11.6. The van der Waals surface area contributed by atoms with E-state index in [1.165, 1.54) is 32.1 Å². The van der Waals surface area contributed by atoms with Crippen LogP contribution in [-0.4, -0.2) is 48.6 Å². The van der Waals surface area contributed by atoms with Crippen molar-refractivity contribution in [2.24, 2.45) is 5.92 Å². The van der Waals surface area contributed by atoms with Crippen LogP contribution in [-0.2, 0) is 9.53 Å². The number of ether oxygens (including phenoxy) is 2. The fourth-order valence-electron chi connectivity index (χ4n) is 4.42. The summed E-state index contributed by atoms with van der Waals surface area (Å²) < 4.78 is 9.73. The highest BCUT2D eigenvalue weighted by Gasteiger charge is 2.25. The van der Waals surface area contributed by atoms with Gasteiger partial charge >= 0.3 is 6.16 Å². The molecule has 1 aliphatic heterocycles. The van der Waals surface area contributed by atoms with Crippen LogP contribution in [0.4, 0.5) is 4.79 Å². The summed E-state index contributed by atoms with van der Waals surface area (Å²) in [6.07, 6.45) is 8.96. The number of amides is 2. The minimum Gasteiger partial charge on any atom is -0.434 e. The fraction of sp³-hybridized carbons (Fsp3) is 0.625. The van der Waals surface area contributed by atoms with Crippen molar-refractivity contribution in [2.75, 3.05) is 19.7 Å². The van der Waals surface area contributed by atoms with Crippen molar-refractivity contribution in [3.05, 3.63) is 29.8 Å². The smallest absolute Gasteiger partial charge is 0.434 e. The largest absolute Gasteiger partial charge is 0.513 e. The zero-order valence-corrected chi connectivity index (χ0v) is 18.4. The number of rotatable bonds is 7. The third kappa shape index (κ3) is 7.26. The molecule has 1 aliphatic carbocycles. The van der Waals surface area contributed by atoms with Crippen molar-refractivity contribution in [1.82, 2.24) is 10.2 Å². The molecule has 170 valence electrons. The molecule has 31 heavy (non-hydrogen) atoms. The van der Waals surface area contributed by atoms with Gasteiger partial charge in [-0.1, -0.05) is 32.1 Å². The van der Waals surface area contributed by atoms with Crippen molar-refractivity contribution in [2.45, 2.75) is 70.8 Å². The Hall–Kier alpha value is -2.57. The molecule has 1 aromatic carbocycles.